The fraction of sp³-hybridized carbons (Fsp3) is 0.485. The van der Waals surface area contributed by atoms with Crippen molar-refractivity contribution in [3.8, 4) is 17.1 Å². The van der Waals surface area contributed by atoms with E-state index in [1.165, 1.54) is 0 Å². The molecule has 3 aliphatic rings. The number of carbonyl (C=O) groups excluding carboxylic acids is 2. The molecule has 2 saturated heterocycles. The lowest BCUT2D eigenvalue weighted by molar-refractivity contribution is 0.0541. The molecule has 0 spiro atoms. The number of likely N-dealkylation sites (N-methyl/N-ethyl adjacent to an activating group) is 2. The standard InChI is InChI=1S/C33H43N9O4/c1-6-40-21-33(3,4)46-29-27(30(40)43)28(37-31(38-29)42-17-18-45-20-22(42)2)23-7-9-24(10-8-23)35-32(44)36-25-11-12-26(34-19-25)41-15-13-39(5)14-16-41/h7-12,19,22H,6,13-18,20-21H2,1-5H3,(H2,35,36,44). The highest BCUT2D eigenvalue weighted by Gasteiger charge is 2.38. The summed E-state index contributed by atoms with van der Waals surface area (Å²) in [5.74, 6) is 1.50. The predicted octanol–water partition coefficient (Wildman–Crippen LogP) is 3.79. The average Bonchev–Trinajstić information content (AvgIpc) is 3.14. The second kappa shape index (κ2) is 13.1. The zero-order valence-electron chi connectivity index (χ0n) is 27.2. The molecule has 3 aromatic rings. The molecule has 1 aromatic carbocycles. The molecule has 46 heavy (non-hydrogen) atoms. The van der Waals surface area contributed by atoms with Crippen LogP contribution in [0.25, 0.3) is 11.3 Å². The van der Waals surface area contributed by atoms with Crippen molar-refractivity contribution in [3.05, 3.63) is 48.2 Å². The Hall–Kier alpha value is -4.49. The van der Waals surface area contributed by atoms with Crippen molar-refractivity contribution in [2.45, 2.75) is 39.3 Å². The zero-order valence-corrected chi connectivity index (χ0v) is 27.2. The first kappa shape index (κ1) is 31.5. The number of nitrogens with one attached hydrogen (secondary N) is 2. The molecule has 0 bridgehead atoms. The van der Waals surface area contributed by atoms with Crippen molar-refractivity contribution >= 4 is 35.1 Å². The summed E-state index contributed by atoms with van der Waals surface area (Å²) in [6.07, 6.45) is 1.67. The van der Waals surface area contributed by atoms with E-state index in [1.807, 2.05) is 45.0 Å². The topological polar surface area (TPSA) is 128 Å². The van der Waals surface area contributed by atoms with Crippen molar-refractivity contribution in [2.24, 2.45) is 0 Å². The van der Waals surface area contributed by atoms with E-state index in [4.69, 9.17) is 19.4 Å². The first-order valence-corrected chi connectivity index (χ1v) is 15.9. The summed E-state index contributed by atoms with van der Waals surface area (Å²) in [6, 6.07) is 10.7. The van der Waals surface area contributed by atoms with Gasteiger partial charge in [0.1, 0.15) is 17.0 Å². The number of benzene rings is 1. The van der Waals surface area contributed by atoms with Crippen LogP contribution >= 0.6 is 0 Å². The van der Waals surface area contributed by atoms with Crippen molar-refractivity contribution in [1.82, 2.24) is 24.8 Å². The van der Waals surface area contributed by atoms with Crippen LogP contribution in [0.15, 0.2) is 42.6 Å². The van der Waals surface area contributed by atoms with Crippen LogP contribution in [0.3, 0.4) is 0 Å². The summed E-state index contributed by atoms with van der Waals surface area (Å²) >= 11 is 0. The van der Waals surface area contributed by atoms with Crippen LogP contribution in [0.5, 0.6) is 5.88 Å². The van der Waals surface area contributed by atoms with Crippen LogP contribution < -0.4 is 25.2 Å². The van der Waals surface area contributed by atoms with E-state index in [1.54, 1.807) is 23.2 Å². The molecule has 5 heterocycles. The first-order valence-electron chi connectivity index (χ1n) is 15.9. The smallest absolute Gasteiger partial charge is 0.323 e. The minimum Gasteiger partial charge on any atom is -0.469 e. The molecule has 2 N–H and O–H groups in total. The Balaban J connectivity index is 1.22. The molecule has 0 radical (unpaired) electrons. The quantitative estimate of drug-likeness (QED) is 0.416. The van der Waals surface area contributed by atoms with E-state index in [0.717, 1.165) is 32.0 Å². The van der Waals surface area contributed by atoms with Crippen molar-refractivity contribution < 1.29 is 19.1 Å². The lowest BCUT2D eigenvalue weighted by Crippen LogP contribution is -2.44. The number of aromatic nitrogens is 3. The summed E-state index contributed by atoms with van der Waals surface area (Å²) in [6.45, 7) is 14.5. The Morgan fingerprint density at radius 2 is 1.72 bits per heavy atom. The molecular weight excluding hydrogens is 586 g/mol. The summed E-state index contributed by atoms with van der Waals surface area (Å²) in [5, 5.41) is 5.73. The fourth-order valence-corrected chi connectivity index (χ4v) is 5.98. The monoisotopic (exact) mass is 629 g/mol. The third-order valence-electron chi connectivity index (χ3n) is 8.57. The lowest BCUT2D eigenvalue weighted by atomic mass is 10.0. The minimum atomic E-state index is -0.641. The second-order valence-electron chi connectivity index (χ2n) is 12.7. The maximum atomic E-state index is 13.9. The Labute approximate surface area is 269 Å². The lowest BCUT2D eigenvalue weighted by Gasteiger charge is -2.34. The van der Waals surface area contributed by atoms with Crippen molar-refractivity contribution in [3.63, 3.8) is 0 Å². The largest absolute Gasteiger partial charge is 0.469 e. The Kier molecular flexibility index (Phi) is 8.96. The van der Waals surface area contributed by atoms with Gasteiger partial charge in [0.2, 0.25) is 11.8 Å². The molecule has 244 valence electrons. The van der Waals surface area contributed by atoms with Gasteiger partial charge in [0.05, 0.1) is 43.4 Å². The van der Waals surface area contributed by atoms with Crippen LogP contribution in [-0.2, 0) is 4.74 Å². The summed E-state index contributed by atoms with van der Waals surface area (Å²) < 4.78 is 12.0. The van der Waals surface area contributed by atoms with E-state index in [2.05, 4.69) is 44.3 Å². The second-order valence-corrected chi connectivity index (χ2v) is 12.7. The number of carbonyl (C=O) groups is 2. The summed E-state index contributed by atoms with van der Waals surface area (Å²) in [4.78, 5) is 49.4. The molecule has 3 amide bonds. The van der Waals surface area contributed by atoms with Gasteiger partial charge < -0.3 is 39.7 Å². The number of nitrogens with zero attached hydrogens (tertiary/aromatic N) is 7. The number of fused-ring (bicyclic) bond motifs is 1. The minimum absolute atomic E-state index is 0.0598. The maximum Gasteiger partial charge on any atom is 0.323 e. The van der Waals surface area contributed by atoms with E-state index in [0.29, 0.717) is 67.0 Å². The van der Waals surface area contributed by atoms with Gasteiger partial charge in [0, 0.05) is 50.5 Å². The van der Waals surface area contributed by atoms with Crippen molar-refractivity contribution in [2.75, 3.05) is 86.5 Å². The highest BCUT2D eigenvalue weighted by Crippen LogP contribution is 2.36. The SMILES string of the molecule is CCN1CC(C)(C)Oc2nc(N3CCOCC3C)nc(-c3ccc(NC(=O)Nc4ccc(N5CCN(C)CC5)nc4)cc3)c2C1=O. The van der Waals surface area contributed by atoms with Gasteiger partial charge in [-0.3, -0.25) is 4.79 Å². The number of urea groups is 1. The molecule has 0 saturated carbocycles. The summed E-state index contributed by atoms with van der Waals surface area (Å²) in [7, 11) is 2.12. The number of pyridine rings is 1. The van der Waals surface area contributed by atoms with Crippen LogP contribution in [0.2, 0.25) is 0 Å². The molecule has 1 atom stereocenters. The number of ether oxygens (including phenoxy) is 2. The van der Waals surface area contributed by atoms with Gasteiger partial charge >= 0.3 is 6.03 Å². The number of morpholine rings is 1. The van der Waals surface area contributed by atoms with Gasteiger partial charge in [-0.05, 0) is 59.0 Å². The highest BCUT2D eigenvalue weighted by molar-refractivity contribution is 6.03. The number of anilines is 4. The normalized spacial score (nSPS) is 20.1. The van der Waals surface area contributed by atoms with Crippen LogP contribution in [0, 0.1) is 0 Å². The molecule has 13 nitrogen and oxygen atoms in total. The van der Waals surface area contributed by atoms with Gasteiger partial charge in [-0.2, -0.15) is 4.98 Å². The van der Waals surface area contributed by atoms with E-state index < -0.39 is 5.60 Å². The molecule has 13 heteroatoms. The predicted molar refractivity (Wildman–Crippen MR) is 178 cm³/mol. The molecule has 6 rings (SSSR count). The highest BCUT2D eigenvalue weighted by atomic mass is 16.5. The van der Waals surface area contributed by atoms with E-state index in [9.17, 15) is 9.59 Å². The Morgan fingerprint density at radius 1 is 1.00 bits per heavy atom. The molecular formula is C33H43N9O4. The molecule has 2 fully saturated rings. The molecule has 0 aliphatic carbocycles. The van der Waals surface area contributed by atoms with E-state index in [-0.39, 0.29) is 23.9 Å². The summed E-state index contributed by atoms with van der Waals surface area (Å²) in [5.41, 5.74) is 2.08. The van der Waals surface area contributed by atoms with Crippen molar-refractivity contribution in [1.29, 1.82) is 0 Å². The third-order valence-corrected chi connectivity index (χ3v) is 8.57. The van der Waals surface area contributed by atoms with Gasteiger partial charge in [-0.15, -0.1) is 0 Å². The third kappa shape index (κ3) is 6.85. The number of rotatable bonds is 6. The zero-order chi connectivity index (χ0) is 32.4. The number of hydrogen-bond donors (Lipinski definition) is 2. The van der Waals surface area contributed by atoms with Gasteiger partial charge in [-0.25, -0.2) is 14.8 Å². The number of piperazine rings is 1. The van der Waals surface area contributed by atoms with Crippen LogP contribution in [0.1, 0.15) is 38.1 Å². The van der Waals surface area contributed by atoms with E-state index >= 15 is 0 Å². The maximum absolute atomic E-state index is 13.9. The molecule has 2 aromatic heterocycles. The van der Waals surface area contributed by atoms with Crippen LogP contribution in [-0.4, -0.2) is 114 Å². The van der Waals surface area contributed by atoms with Crippen LogP contribution in [0.4, 0.5) is 27.9 Å². The number of amides is 3. The average molecular weight is 630 g/mol. The first-order chi connectivity index (χ1) is 22.1. The molecule has 1 unspecified atom stereocenters. The van der Waals surface area contributed by atoms with Gasteiger partial charge in [0.25, 0.3) is 5.91 Å². The fourth-order valence-electron chi connectivity index (χ4n) is 5.98. The Bertz CT molecular complexity index is 1560. The number of hydrogen-bond acceptors (Lipinski definition) is 10. The van der Waals surface area contributed by atoms with Gasteiger partial charge in [-0.1, -0.05) is 12.1 Å². The molecule has 3 aliphatic heterocycles. The Morgan fingerprint density at radius 3 is 2.39 bits per heavy atom. The van der Waals surface area contributed by atoms with Gasteiger partial charge in [0.15, 0.2) is 0 Å².